The summed E-state index contributed by atoms with van der Waals surface area (Å²) in [4.78, 5) is 27.1. The Morgan fingerprint density at radius 1 is 1.13 bits per heavy atom. The molecular weight excluding hydrogens is 444 g/mol. The SMILES string of the molecule is Cc1ccc(C(O)=C2C(=O)C(=O)N(Cc3ccco3)[C@@H]2c2ccc(Cl)c(Cl)c2)cc1F. The minimum atomic E-state index is -0.968. The second kappa shape index (κ2) is 8.21. The number of aryl methyl sites for hydroxylation is 1. The molecule has 0 saturated carbocycles. The first-order valence-electron chi connectivity index (χ1n) is 9.30. The van der Waals surface area contributed by atoms with Gasteiger partial charge in [-0.25, -0.2) is 4.39 Å². The number of amides is 1. The molecule has 1 aliphatic rings. The third kappa shape index (κ3) is 3.84. The number of halogens is 3. The molecule has 0 aliphatic carbocycles. The summed E-state index contributed by atoms with van der Waals surface area (Å²) < 4.78 is 19.4. The number of hydrogen-bond acceptors (Lipinski definition) is 4. The normalized spacial score (nSPS) is 18.1. The van der Waals surface area contributed by atoms with Gasteiger partial charge in [0, 0.05) is 5.56 Å². The largest absolute Gasteiger partial charge is 0.507 e. The highest BCUT2D eigenvalue weighted by atomic mass is 35.5. The molecule has 2 aromatic carbocycles. The number of aliphatic hydroxyl groups excluding tert-OH is 1. The molecular formula is C23H16Cl2FNO4. The Hall–Kier alpha value is -3.09. The van der Waals surface area contributed by atoms with Crippen molar-refractivity contribution in [3.05, 3.63) is 98.7 Å². The topological polar surface area (TPSA) is 70.8 Å². The Balaban J connectivity index is 1.90. The molecule has 0 bridgehead atoms. The van der Waals surface area contributed by atoms with Crippen molar-refractivity contribution in [3.63, 3.8) is 0 Å². The minimum absolute atomic E-state index is 0.0124. The Bertz CT molecular complexity index is 1220. The van der Waals surface area contributed by atoms with E-state index in [1.165, 1.54) is 35.4 Å². The lowest BCUT2D eigenvalue weighted by atomic mass is 9.95. The van der Waals surface area contributed by atoms with Crippen LogP contribution in [0.5, 0.6) is 0 Å². The number of rotatable bonds is 4. The number of Topliss-reactive ketones (excluding diaryl/α,β-unsaturated/α-hetero) is 1. The number of likely N-dealkylation sites (tertiary alicyclic amines) is 1. The minimum Gasteiger partial charge on any atom is -0.507 e. The summed E-state index contributed by atoms with van der Waals surface area (Å²) in [5.74, 6) is -2.27. The Kier molecular flexibility index (Phi) is 5.60. The highest BCUT2D eigenvalue weighted by Gasteiger charge is 2.46. The van der Waals surface area contributed by atoms with Crippen LogP contribution in [-0.2, 0) is 16.1 Å². The van der Waals surface area contributed by atoms with Crippen LogP contribution in [0.2, 0.25) is 10.0 Å². The maximum absolute atomic E-state index is 14.1. The summed E-state index contributed by atoms with van der Waals surface area (Å²) in [6.07, 6.45) is 1.45. The van der Waals surface area contributed by atoms with Crippen LogP contribution in [0.4, 0.5) is 4.39 Å². The Morgan fingerprint density at radius 3 is 2.55 bits per heavy atom. The molecule has 5 nitrogen and oxygen atoms in total. The lowest BCUT2D eigenvalue weighted by Crippen LogP contribution is -2.29. The van der Waals surface area contributed by atoms with E-state index in [1.54, 1.807) is 25.1 Å². The van der Waals surface area contributed by atoms with Crippen LogP contribution < -0.4 is 0 Å². The zero-order valence-electron chi connectivity index (χ0n) is 16.2. The van der Waals surface area contributed by atoms with Gasteiger partial charge >= 0.3 is 0 Å². The molecule has 3 aromatic rings. The van der Waals surface area contributed by atoms with Crippen molar-refractivity contribution >= 4 is 40.7 Å². The van der Waals surface area contributed by atoms with Gasteiger partial charge in [-0.3, -0.25) is 9.59 Å². The van der Waals surface area contributed by atoms with Gasteiger partial charge in [-0.05, 0) is 48.4 Å². The average molecular weight is 460 g/mol. The quantitative estimate of drug-likeness (QED) is 0.310. The molecule has 1 aromatic heterocycles. The fourth-order valence-electron chi connectivity index (χ4n) is 3.54. The van der Waals surface area contributed by atoms with E-state index in [2.05, 4.69) is 0 Å². The summed E-state index contributed by atoms with van der Waals surface area (Å²) in [5, 5.41) is 11.5. The van der Waals surface area contributed by atoms with Gasteiger partial charge in [-0.1, -0.05) is 41.4 Å². The Morgan fingerprint density at radius 2 is 1.90 bits per heavy atom. The van der Waals surface area contributed by atoms with Gasteiger partial charge < -0.3 is 14.4 Å². The molecule has 1 amide bonds. The van der Waals surface area contributed by atoms with Crippen molar-refractivity contribution in [2.45, 2.75) is 19.5 Å². The molecule has 8 heteroatoms. The van der Waals surface area contributed by atoms with E-state index >= 15 is 0 Å². The number of aliphatic hydroxyl groups is 1. The maximum Gasteiger partial charge on any atom is 0.296 e. The summed E-state index contributed by atoms with van der Waals surface area (Å²) in [6, 6.07) is 11.1. The van der Waals surface area contributed by atoms with E-state index in [0.717, 1.165) is 6.07 Å². The fourth-order valence-corrected chi connectivity index (χ4v) is 3.84. The molecule has 4 rings (SSSR count). The average Bonchev–Trinajstić information content (AvgIpc) is 3.34. The molecule has 158 valence electrons. The molecule has 1 fully saturated rings. The highest BCUT2D eigenvalue weighted by Crippen LogP contribution is 2.41. The number of nitrogens with zero attached hydrogens (tertiary/aromatic N) is 1. The maximum atomic E-state index is 14.1. The van der Waals surface area contributed by atoms with Gasteiger partial charge in [-0.2, -0.15) is 0 Å². The number of carbonyl (C=O) groups is 2. The summed E-state index contributed by atoms with van der Waals surface area (Å²) in [7, 11) is 0. The van der Waals surface area contributed by atoms with E-state index in [4.69, 9.17) is 27.6 Å². The van der Waals surface area contributed by atoms with E-state index in [1.807, 2.05) is 0 Å². The van der Waals surface area contributed by atoms with E-state index in [0.29, 0.717) is 21.9 Å². The number of ketones is 1. The van der Waals surface area contributed by atoms with Crippen LogP contribution in [0.25, 0.3) is 5.76 Å². The Labute approximate surface area is 187 Å². The molecule has 1 atom stereocenters. The number of benzene rings is 2. The second-order valence-electron chi connectivity index (χ2n) is 7.14. The zero-order chi connectivity index (χ0) is 22.3. The molecule has 0 unspecified atom stereocenters. The molecule has 2 heterocycles. The lowest BCUT2D eigenvalue weighted by molar-refractivity contribution is -0.140. The standard InChI is InChI=1S/C23H16Cl2FNO4/c1-12-4-5-14(10-18(12)26)21(28)19-20(13-6-7-16(24)17(25)9-13)27(23(30)22(19)29)11-15-3-2-8-31-15/h2-10,20,28H,11H2,1H3/t20-/m1/s1. The third-order valence-corrected chi connectivity index (χ3v) is 5.89. The smallest absolute Gasteiger partial charge is 0.296 e. The third-order valence-electron chi connectivity index (χ3n) is 5.15. The predicted molar refractivity (Wildman–Crippen MR) is 114 cm³/mol. The van der Waals surface area contributed by atoms with Gasteiger partial charge in [0.1, 0.15) is 17.3 Å². The van der Waals surface area contributed by atoms with Gasteiger partial charge in [0.15, 0.2) is 0 Å². The van der Waals surface area contributed by atoms with E-state index in [-0.39, 0.29) is 22.7 Å². The van der Waals surface area contributed by atoms with Gasteiger partial charge in [0.2, 0.25) is 0 Å². The first-order valence-corrected chi connectivity index (χ1v) is 10.1. The first-order chi connectivity index (χ1) is 14.8. The van der Waals surface area contributed by atoms with Crippen LogP contribution >= 0.6 is 23.2 Å². The molecule has 0 radical (unpaired) electrons. The van der Waals surface area contributed by atoms with Crippen molar-refractivity contribution in [2.24, 2.45) is 0 Å². The predicted octanol–water partition coefficient (Wildman–Crippen LogP) is 5.66. The van der Waals surface area contributed by atoms with Crippen LogP contribution in [0, 0.1) is 12.7 Å². The molecule has 31 heavy (non-hydrogen) atoms. The lowest BCUT2D eigenvalue weighted by Gasteiger charge is -2.24. The van der Waals surface area contributed by atoms with Gasteiger partial charge in [0.05, 0.1) is 34.5 Å². The first kappa shape index (κ1) is 21.2. The van der Waals surface area contributed by atoms with Crippen LogP contribution in [0.15, 0.2) is 64.8 Å². The van der Waals surface area contributed by atoms with Crippen molar-refractivity contribution in [1.82, 2.24) is 4.90 Å². The molecule has 1 saturated heterocycles. The van der Waals surface area contributed by atoms with Gasteiger partial charge in [0.25, 0.3) is 11.7 Å². The fraction of sp³-hybridized carbons (Fsp3) is 0.130. The van der Waals surface area contributed by atoms with E-state index < -0.39 is 29.3 Å². The van der Waals surface area contributed by atoms with Crippen LogP contribution in [0.1, 0.15) is 28.5 Å². The van der Waals surface area contributed by atoms with E-state index in [9.17, 15) is 19.1 Å². The van der Waals surface area contributed by atoms with Gasteiger partial charge in [-0.15, -0.1) is 0 Å². The number of furan rings is 1. The van der Waals surface area contributed by atoms with Crippen LogP contribution in [0.3, 0.4) is 0 Å². The molecule has 0 spiro atoms. The van der Waals surface area contributed by atoms with Crippen molar-refractivity contribution in [2.75, 3.05) is 0 Å². The van der Waals surface area contributed by atoms with Crippen molar-refractivity contribution < 1.29 is 23.5 Å². The highest BCUT2D eigenvalue weighted by molar-refractivity contribution is 6.46. The second-order valence-corrected chi connectivity index (χ2v) is 7.96. The monoisotopic (exact) mass is 459 g/mol. The summed E-state index contributed by atoms with van der Waals surface area (Å²) in [5.41, 5.74) is 0.771. The van der Waals surface area contributed by atoms with Crippen molar-refractivity contribution in [1.29, 1.82) is 0 Å². The summed E-state index contributed by atoms with van der Waals surface area (Å²) >= 11 is 12.2. The number of hydrogen-bond donors (Lipinski definition) is 1. The van der Waals surface area contributed by atoms with Crippen LogP contribution in [-0.4, -0.2) is 21.7 Å². The molecule has 1 N–H and O–H groups in total. The number of carbonyl (C=O) groups excluding carboxylic acids is 2. The zero-order valence-corrected chi connectivity index (χ0v) is 17.7. The molecule has 1 aliphatic heterocycles. The summed E-state index contributed by atoms with van der Waals surface area (Å²) in [6.45, 7) is 1.57. The van der Waals surface area contributed by atoms with Crippen molar-refractivity contribution in [3.8, 4) is 0 Å².